The van der Waals surface area contributed by atoms with Gasteiger partial charge in [-0.15, -0.1) is 0 Å². The van der Waals surface area contributed by atoms with Gasteiger partial charge in [-0.05, 0) is 52.7 Å². The average Bonchev–Trinajstić information content (AvgIpc) is 2.42. The molecular formula is C15H10BrFN2O. The molecule has 0 unspecified atom stereocenters. The highest BCUT2D eigenvalue weighted by molar-refractivity contribution is 9.10. The molecule has 2 aromatic carbocycles. The van der Waals surface area contributed by atoms with E-state index in [-0.39, 0.29) is 4.47 Å². The number of nitrogens with zero attached hydrogens (tertiary/aromatic N) is 1. The maximum absolute atomic E-state index is 13.1. The smallest absolute Gasteiger partial charge is 0.255 e. The Balaban J connectivity index is 2.31. The number of aryl methyl sites for hydroxylation is 1. The molecule has 1 N–H and O–H groups in total. The molecule has 2 aromatic rings. The molecule has 0 heterocycles. The topological polar surface area (TPSA) is 52.9 Å². The summed E-state index contributed by atoms with van der Waals surface area (Å²) in [4.78, 5) is 12.1. The molecule has 0 atom stereocenters. The number of carbonyl (C=O) groups is 1. The molecule has 3 nitrogen and oxygen atoms in total. The Hall–Kier alpha value is -2.19. The maximum atomic E-state index is 13.1. The molecule has 100 valence electrons. The Morgan fingerprint density at radius 3 is 2.75 bits per heavy atom. The van der Waals surface area contributed by atoms with Gasteiger partial charge in [0.05, 0.1) is 15.7 Å². The minimum atomic E-state index is -0.435. The summed E-state index contributed by atoms with van der Waals surface area (Å²) in [5.41, 5.74) is 1.95. The minimum Gasteiger partial charge on any atom is -0.321 e. The van der Waals surface area contributed by atoms with Crippen LogP contribution in [-0.2, 0) is 0 Å². The van der Waals surface area contributed by atoms with E-state index in [9.17, 15) is 9.18 Å². The van der Waals surface area contributed by atoms with Gasteiger partial charge in [-0.2, -0.15) is 5.26 Å². The fourth-order valence-electron chi connectivity index (χ4n) is 1.75. The number of hydrogen-bond donors (Lipinski definition) is 1. The number of nitrogens with one attached hydrogen (secondary N) is 1. The highest BCUT2D eigenvalue weighted by Gasteiger charge is 2.12. The molecule has 2 rings (SSSR count). The van der Waals surface area contributed by atoms with Crippen molar-refractivity contribution in [3.8, 4) is 6.07 Å². The number of nitriles is 1. The lowest BCUT2D eigenvalue weighted by atomic mass is 10.1. The molecule has 0 radical (unpaired) electrons. The lowest BCUT2D eigenvalue weighted by Crippen LogP contribution is -2.13. The third-order valence-corrected chi connectivity index (χ3v) is 3.42. The van der Waals surface area contributed by atoms with Crippen molar-refractivity contribution in [1.29, 1.82) is 5.26 Å². The third-order valence-electron chi connectivity index (χ3n) is 2.81. The average molecular weight is 333 g/mol. The maximum Gasteiger partial charge on any atom is 0.255 e. The molecule has 0 aliphatic heterocycles. The molecule has 0 saturated heterocycles. The second-order valence-electron chi connectivity index (χ2n) is 4.19. The number of rotatable bonds is 2. The van der Waals surface area contributed by atoms with Crippen LogP contribution in [0.3, 0.4) is 0 Å². The first-order chi connectivity index (χ1) is 9.52. The lowest BCUT2D eigenvalue weighted by Gasteiger charge is -2.09. The first-order valence-electron chi connectivity index (χ1n) is 5.79. The Morgan fingerprint density at radius 1 is 1.35 bits per heavy atom. The van der Waals surface area contributed by atoms with Gasteiger partial charge in [0, 0.05) is 5.56 Å². The van der Waals surface area contributed by atoms with Crippen LogP contribution in [0, 0.1) is 24.1 Å². The van der Waals surface area contributed by atoms with Gasteiger partial charge in [0.25, 0.3) is 5.91 Å². The standard InChI is InChI=1S/C15H10BrFN2O/c1-9-3-2-4-14(11(9)8-18)19-15(20)10-5-6-13(17)12(16)7-10/h2-7H,1H3,(H,19,20). The largest absolute Gasteiger partial charge is 0.321 e. The van der Waals surface area contributed by atoms with E-state index in [0.29, 0.717) is 16.8 Å². The van der Waals surface area contributed by atoms with Crippen LogP contribution in [0.15, 0.2) is 40.9 Å². The number of anilines is 1. The van der Waals surface area contributed by atoms with E-state index in [4.69, 9.17) is 5.26 Å². The Morgan fingerprint density at radius 2 is 2.10 bits per heavy atom. The molecule has 0 aliphatic carbocycles. The van der Waals surface area contributed by atoms with Crippen LogP contribution >= 0.6 is 15.9 Å². The Kier molecular flexibility index (Phi) is 4.16. The van der Waals surface area contributed by atoms with Crippen LogP contribution < -0.4 is 5.32 Å². The predicted molar refractivity (Wildman–Crippen MR) is 77.9 cm³/mol. The van der Waals surface area contributed by atoms with Crippen molar-refractivity contribution >= 4 is 27.5 Å². The van der Waals surface area contributed by atoms with E-state index in [1.165, 1.54) is 18.2 Å². The van der Waals surface area contributed by atoms with E-state index in [2.05, 4.69) is 27.3 Å². The van der Waals surface area contributed by atoms with Gasteiger partial charge in [-0.1, -0.05) is 12.1 Å². The summed E-state index contributed by atoms with van der Waals surface area (Å²) < 4.78 is 13.4. The number of amides is 1. The van der Waals surface area contributed by atoms with Gasteiger partial charge in [-0.3, -0.25) is 4.79 Å². The molecule has 1 amide bonds. The molecule has 0 fully saturated rings. The van der Waals surface area contributed by atoms with E-state index in [0.717, 1.165) is 5.56 Å². The fraction of sp³-hybridized carbons (Fsp3) is 0.0667. The monoisotopic (exact) mass is 332 g/mol. The van der Waals surface area contributed by atoms with Crippen LogP contribution in [-0.4, -0.2) is 5.91 Å². The summed E-state index contributed by atoms with van der Waals surface area (Å²) in [5, 5.41) is 11.8. The van der Waals surface area contributed by atoms with Crippen LogP contribution in [0.25, 0.3) is 0 Å². The molecular weight excluding hydrogens is 323 g/mol. The molecule has 0 spiro atoms. The minimum absolute atomic E-state index is 0.217. The predicted octanol–water partition coefficient (Wildman–Crippen LogP) is 4.02. The second-order valence-corrected chi connectivity index (χ2v) is 5.05. The van der Waals surface area contributed by atoms with Crippen molar-refractivity contribution in [3.05, 3.63) is 63.4 Å². The van der Waals surface area contributed by atoms with Crippen LogP contribution in [0.4, 0.5) is 10.1 Å². The number of hydrogen-bond acceptors (Lipinski definition) is 2. The van der Waals surface area contributed by atoms with E-state index >= 15 is 0 Å². The summed E-state index contributed by atoms with van der Waals surface area (Å²) in [6.45, 7) is 1.79. The highest BCUT2D eigenvalue weighted by atomic mass is 79.9. The Bertz CT molecular complexity index is 722. The van der Waals surface area contributed by atoms with Crippen molar-refractivity contribution in [3.63, 3.8) is 0 Å². The van der Waals surface area contributed by atoms with Gasteiger partial charge in [0.2, 0.25) is 0 Å². The summed E-state index contributed by atoms with van der Waals surface area (Å²) in [6, 6.07) is 11.3. The van der Waals surface area contributed by atoms with Crippen molar-refractivity contribution in [1.82, 2.24) is 0 Å². The normalized spacial score (nSPS) is 9.90. The number of halogens is 2. The zero-order valence-electron chi connectivity index (χ0n) is 10.6. The van der Waals surface area contributed by atoms with Gasteiger partial charge in [-0.25, -0.2) is 4.39 Å². The molecule has 0 saturated carbocycles. The van der Waals surface area contributed by atoms with Crippen LogP contribution in [0.2, 0.25) is 0 Å². The highest BCUT2D eigenvalue weighted by Crippen LogP contribution is 2.21. The molecule has 20 heavy (non-hydrogen) atoms. The summed E-state index contributed by atoms with van der Waals surface area (Å²) in [6.07, 6.45) is 0. The SMILES string of the molecule is Cc1cccc(NC(=O)c2ccc(F)c(Br)c2)c1C#N. The van der Waals surface area contributed by atoms with Crippen LogP contribution in [0.1, 0.15) is 21.5 Å². The zero-order valence-corrected chi connectivity index (χ0v) is 12.2. The zero-order chi connectivity index (χ0) is 14.7. The number of carbonyl (C=O) groups excluding carboxylic acids is 1. The molecule has 5 heteroatoms. The van der Waals surface area contributed by atoms with E-state index < -0.39 is 11.7 Å². The van der Waals surface area contributed by atoms with E-state index in [1.54, 1.807) is 25.1 Å². The summed E-state index contributed by atoms with van der Waals surface area (Å²) in [5.74, 6) is -0.831. The molecule has 0 bridgehead atoms. The van der Waals surface area contributed by atoms with Crippen LogP contribution in [0.5, 0.6) is 0 Å². The quantitative estimate of drug-likeness (QED) is 0.902. The van der Waals surface area contributed by atoms with Gasteiger partial charge in [0.1, 0.15) is 11.9 Å². The molecule has 0 aliphatic rings. The van der Waals surface area contributed by atoms with Gasteiger partial charge < -0.3 is 5.32 Å². The van der Waals surface area contributed by atoms with Gasteiger partial charge in [0.15, 0.2) is 0 Å². The molecule has 0 aromatic heterocycles. The first-order valence-corrected chi connectivity index (χ1v) is 6.58. The fourth-order valence-corrected chi connectivity index (χ4v) is 2.13. The Labute approximate surface area is 124 Å². The van der Waals surface area contributed by atoms with Crippen molar-refractivity contribution in [2.75, 3.05) is 5.32 Å². The van der Waals surface area contributed by atoms with E-state index in [1.807, 2.05) is 0 Å². The van der Waals surface area contributed by atoms with Crippen molar-refractivity contribution in [2.24, 2.45) is 0 Å². The second kappa shape index (κ2) is 5.85. The summed E-state index contributed by atoms with van der Waals surface area (Å²) in [7, 11) is 0. The van der Waals surface area contributed by atoms with Crippen molar-refractivity contribution < 1.29 is 9.18 Å². The third kappa shape index (κ3) is 2.86. The lowest BCUT2D eigenvalue weighted by molar-refractivity contribution is 0.102. The van der Waals surface area contributed by atoms with Crippen molar-refractivity contribution in [2.45, 2.75) is 6.92 Å². The van der Waals surface area contributed by atoms with Gasteiger partial charge >= 0.3 is 0 Å². The first kappa shape index (κ1) is 14.2. The number of benzene rings is 2. The summed E-state index contributed by atoms with van der Waals surface area (Å²) >= 11 is 3.03.